The maximum atomic E-state index is 10.8. The van der Waals surface area contributed by atoms with Crippen molar-refractivity contribution in [3.05, 3.63) is 65.5 Å². The number of aromatic nitrogens is 2. The van der Waals surface area contributed by atoms with E-state index in [4.69, 9.17) is 14.4 Å². The number of aryl methyl sites for hydroxylation is 1. The molecule has 0 spiro atoms. The van der Waals surface area contributed by atoms with Crippen molar-refractivity contribution in [2.45, 2.75) is 13.5 Å². The van der Waals surface area contributed by atoms with Crippen molar-refractivity contribution < 1.29 is 19.2 Å². The predicted molar refractivity (Wildman–Crippen MR) is 82.2 cm³/mol. The molecule has 0 amide bonds. The van der Waals surface area contributed by atoms with E-state index in [2.05, 4.69) is 10.1 Å². The molecule has 0 aliphatic heterocycles. The van der Waals surface area contributed by atoms with Crippen LogP contribution in [0.4, 0.5) is 0 Å². The van der Waals surface area contributed by atoms with E-state index in [1.165, 1.54) is 12.1 Å². The standard InChI is InChI=1S/C17H14N2O4/c1-11-2-8-14(9-3-11)22-10-15-18-16(19-23-15)12-4-6-13(7-5-12)17(20)21/h2-9H,10H2,1H3,(H,20,21). The molecule has 116 valence electrons. The highest BCUT2D eigenvalue weighted by atomic mass is 16.5. The number of carboxylic acids is 1. The lowest BCUT2D eigenvalue weighted by Gasteiger charge is -2.02. The molecule has 1 N–H and O–H groups in total. The van der Waals surface area contributed by atoms with Gasteiger partial charge in [-0.3, -0.25) is 0 Å². The predicted octanol–water partition coefficient (Wildman–Crippen LogP) is 3.32. The van der Waals surface area contributed by atoms with E-state index in [9.17, 15) is 4.79 Å². The highest BCUT2D eigenvalue weighted by Gasteiger charge is 2.10. The van der Waals surface area contributed by atoms with E-state index in [0.29, 0.717) is 17.3 Å². The highest BCUT2D eigenvalue weighted by Crippen LogP contribution is 2.18. The summed E-state index contributed by atoms with van der Waals surface area (Å²) in [4.78, 5) is 15.1. The van der Waals surface area contributed by atoms with Crippen LogP contribution in [0.5, 0.6) is 5.75 Å². The third kappa shape index (κ3) is 3.55. The van der Waals surface area contributed by atoms with Gasteiger partial charge in [0.05, 0.1) is 5.56 Å². The molecular weight excluding hydrogens is 296 g/mol. The van der Waals surface area contributed by atoms with E-state index in [-0.39, 0.29) is 12.2 Å². The zero-order chi connectivity index (χ0) is 16.2. The number of ether oxygens (including phenoxy) is 1. The molecule has 3 rings (SSSR count). The SMILES string of the molecule is Cc1ccc(OCc2nc(-c3ccc(C(=O)O)cc3)no2)cc1. The number of hydrogen-bond donors (Lipinski definition) is 1. The normalized spacial score (nSPS) is 10.5. The monoisotopic (exact) mass is 310 g/mol. The lowest BCUT2D eigenvalue weighted by Crippen LogP contribution is -1.96. The number of rotatable bonds is 5. The minimum absolute atomic E-state index is 0.170. The fourth-order valence-electron chi connectivity index (χ4n) is 1.97. The molecule has 0 aliphatic rings. The smallest absolute Gasteiger partial charge is 0.335 e. The molecular formula is C17H14N2O4. The summed E-state index contributed by atoms with van der Waals surface area (Å²) < 4.78 is 10.7. The molecule has 6 nitrogen and oxygen atoms in total. The fraction of sp³-hybridized carbons (Fsp3) is 0.118. The molecule has 0 fully saturated rings. The van der Waals surface area contributed by atoms with Gasteiger partial charge in [-0.1, -0.05) is 35.0 Å². The van der Waals surface area contributed by atoms with Crippen molar-refractivity contribution in [3.63, 3.8) is 0 Å². The van der Waals surface area contributed by atoms with Gasteiger partial charge in [0, 0.05) is 5.56 Å². The molecule has 2 aromatic carbocycles. The lowest BCUT2D eigenvalue weighted by atomic mass is 10.1. The topological polar surface area (TPSA) is 85.5 Å². The van der Waals surface area contributed by atoms with Crippen LogP contribution in [0, 0.1) is 6.92 Å². The first-order valence-corrected chi connectivity index (χ1v) is 6.97. The summed E-state index contributed by atoms with van der Waals surface area (Å²) in [6, 6.07) is 13.9. The molecule has 0 unspecified atom stereocenters. The molecule has 0 aliphatic carbocycles. The van der Waals surface area contributed by atoms with Crippen molar-refractivity contribution in [3.8, 4) is 17.1 Å². The maximum absolute atomic E-state index is 10.8. The van der Waals surface area contributed by atoms with Crippen molar-refractivity contribution in [2.24, 2.45) is 0 Å². The summed E-state index contributed by atoms with van der Waals surface area (Å²) in [6.45, 7) is 2.17. The van der Waals surface area contributed by atoms with Gasteiger partial charge in [0.1, 0.15) is 5.75 Å². The van der Waals surface area contributed by atoms with E-state index in [1.807, 2.05) is 31.2 Å². The van der Waals surface area contributed by atoms with Gasteiger partial charge in [0.15, 0.2) is 6.61 Å². The fourth-order valence-corrected chi connectivity index (χ4v) is 1.97. The molecule has 0 bridgehead atoms. The summed E-state index contributed by atoms with van der Waals surface area (Å²) >= 11 is 0. The average molecular weight is 310 g/mol. The first-order valence-electron chi connectivity index (χ1n) is 6.97. The number of hydrogen-bond acceptors (Lipinski definition) is 5. The van der Waals surface area contributed by atoms with Crippen LogP contribution in [-0.2, 0) is 6.61 Å². The van der Waals surface area contributed by atoms with E-state index >= 15 is 0 Å². The number of aromatic carboxylic acids is 1. The Labute approximate surface area is 132 Å². The highest BCUT2D eigenvalue weighted by molar-refractivity contribution is 5.88. The molecule has 6 heteroatoms. The van der Waals surface area contributed by atoms with Crippen molar-refractivity contribution >= 4 is 5.97 Å². The van der Waals surface area contributed by atoms with Crippen molar-refractivity contribution in [1.82, 2.24) is 10.1 Å². The van der Waals surface area contributed by atoms with Gasteiger partial charge < -0.3 is 14.4 Å². The Balaban J connectivity index is 1.67. The lowest BCUT2D eigenvalue weighted by molar-refractivity contribution is 0.0697. The molecule has 3 aromatic rings. The average Bonchev–Trinajstić information content (AvgIpc) is 3.03. The van der Waals surface area contributed by atoms with Crippen LogP contribution in [0.3, 0.4) is 0 Å². The van der Waals surface area contributed by atoms with Gasteiger partial charge in [0.2, 0.25) is 5.82 Å². The number of carbonyl (C=O) groups is 1. The van der Waals surface area contributed by atoms with Crippen LogP contribution in [0.25, 0.3) is 11.4 Å². The zero-order valence-electron chi connectivity index (χ0n) is 12.4. The number of nitrogens with zero attached hydrogens (tertiary/aromatic N) is 2. The Morgan fingerprint density at radius 3 is 2.48 bits per heavy atom. The molecule has 0 saturated heterocycles. The molecule has 1 aromatic heterocycles. The Bertz CT molecular complexity index is 807. The summed E-state index contributed by atoms with van der Waals surface area (Å²) in [5, 5.41) is 12.8. The van der Waals surface area contributed by atoms with Crippen LogP contribution in [0.15, 0.2) is 53.1 Å². The van der Waals surface area contributed by atoms with Crippen molar-refractivity contribution in [2.75, 3.05) is 0 Å². The van der Waals surface area contributed by atoms with Gasteiger partial charge in [-0.05, 0) is 31.2 Å². The van der Waals surface area contributed by atoms with Crippen LogP contribution in [0.1, 0.15) is 21.8 Å². The summed E-state index contributed by atoms with van der Waals surface area (Å²) in [7, 11) is 0. The summed E-state index contributed by atoms with van der Waals surface area (Å²) in [6.07, 6.45) is 0. The third-order valence-electron chi connectivity index (χ3n) is 3.24. The van der Waals surface area contributed by atoms with Crippen LogP contribution in [0.2, 0.25) is 0 Å². The third-order valence-corrected chi connectivity index (χ3v) is 3.24. The minimum atomic E-state index is -0.975. The Morgan fingerprint density at radius 2 is 1.83 bits per heavy atom. The van der Waals surface area contributed by atoms with Crippen LogP contribution in [-0.4, -0.2) is 21.2 Å². The Hall–Kier alpha value is -3.15. The van der Waals surface area contributed by atoms with Gasteiger partial charge in [0.25, 0.3) is 5.89 Å². The van der Waals surface area contributed by atoms with Gasteiger partial charge in [-0.2, -0.15) is 4.98 Å². The largest absolute Gasteiger partial charge is 0.484 e. The summed E-state index contributed by atoms with van der Waals surface area (Å²) in [5.74, 6) is 0.491. The second-order valence-corrected chi connectivity index (χ2v) is 5.00. The van der Waals surface area contributed by atoms with E-state index < -0.39 is 5.97 Å². The number of carboxylic acid groups (broad SMARTS) is 1. The van der Waals surface area contributed by atoms with Crippen LogP contribution < -0.4 is 4.74 Å². The van der Waals surface area contributed by atoms with Crippen molar-refractivity contribution in [1.29, 1.82) is 0 Å². The van der Waals surface area contributed by atoms with E-state index in [1.54, 1.807) is 12.1 Å². The second-order valence-electron chi connectivity index (χ2n) is 5.00. The van der Waals surface area contributed by atoms with Gasteiger partial charge in [-0.15, -0.1) is 0 Å². The quantitative estimate of drug-likeness (QED) is 0.778. The van der Waals surface area contributed by atoms with Crippen LogP contribution >= 0.6 is 0 Å². The minimum Gasteiger partial charge on any atom is -0.484 e. The van der Waals surface area contributed by atoms with Gasteiger partial charge in [-0.25, -0.2) is 4.79 Å². The summed E-state index contributed by atoms with van der Waals surface area (Å²) in [5.41, 5.74) is 2.04. The molecule has 1 heterocycles. The maximum Gasteiger partial charge on any atom is 0.335 e. The second kappa shape index (κ2) is 6.31. The molecule has 23 heavy (non-hydrogen) atoms. The number of benzene rings is 2. The Kier molecular flexibility index (Phi) is 4.05. The Morgan fingerprint density at radius 1 is 1.13 bits per heavy atom. The van der Waals surface area contributed by atoms with Gasteiger partial charge >= 0.3 is 5.97 Å². The first kappa shape index (κ1) is 14.8. The van der Waals surface area contributed by atoms with E-state index in [0.717, 1.165) is 11.3 Å². The molecule has 0 radical (unpaired) electrons. The molecule has 0 saturated carbocycles. The zero-order valence-corrected chi connectivity index (χ0v) is 12.4. The molecule has 0 atom stereocenters. The first-order chi connectivity index (χ1) is 11.1.